The highest BCUT2D eigenvalue weighted by Crippen LogP contribution is 2.41. The van der Waals surface area contributed by atoms with Gasteiger partial charge in [-0.3, -0.25) is 9.69 Å². The highest BCUT2D eigenvalue weighted by Gasteiger charge is 2.39. The average Bonchev–Trinajstić information content (AvgIpc) is 3.06. The van der Waals surface area contributed by atoms with Crippen LogP contribution in [0, 0.1) is 11.2 Å². The maximum absolute atomic E-state index is 13.4. The minimum absolute atomic E-state index is 0.0732. The SMILES string of the molecule is CC(C)NC(=O)c1nnc2n1CC1(CC2)CCN(Cc2cccc(F)c2)CC1. The summed E-state index contributed by atoms with van der Waals surface area (Å²) in [6.07, 6.45) is 4.10. The fourth-order valence-corrected chi connectivity index (χ4v) is 4.46. The van der Waals surface area contributed by atoms with Crippen LogP contribution in [0.4, 0.5) is 4.39 Å². The van der Waals surface area contributed by atoms with Crippen LogP contribution in [0.2, 0.25) is 0 Å². The predicted octanol–water partition coefficient (Wildman–Crippen LogP) is 2.78. The van der Waals surface area contributed by atoms with Crippen LogP contribution in [0.1, 0.15) is 55.1 Å². The van der Waals surface area contributed by atoms with Crippen LogP contribution in [-0.2, 0) is 19.5 Å². The fourth-order valence-electron chi connectivity index (χ4n) is 4.46. The Morgan fingerprint density at radius 2 is 2.04 bits per heavy atom. The number of aromatic nitrogens is 3. The first-order valence-corrected chi connectivity index (χ1v) is 10.1. The molecular formula is C21H28FN5O. The molecule has 28 heavy (non-hydrogen) atoms. The topological polar surface area (TPSA) is 63.1 Å². The van der Waals surface area contributed by atoms with Crippen molar-refractivity contribution >= 4 is 5.91 Å². The van der Waals surface area contributed by atoms with Gasteiger partial charge in [0.05, 0.1) is 0 Å². The molecule has 1 saturated heterocycles. The molecule has 4 rings (SSSR count). The van der Waals surface area contributed by atoms with E-state index in [1.807, 2.05) is 24.5 Å². The van der Waals surface area contributed by atoms with Crippen LogP contribution in [0.15, 0.2) is 24.3 Å². The lowest BCUT2D eigenvalue weighted by Crippen LogP contribution is -2.45. The van der Waals surface area contributed by atoms with Crippen molar-refractivity contribution in [2.45, 2.75) is 58.7 Å². The monoisotopic (exact) mass is 385 g/mol. The van der Waals surface area contributed by atoms with E-state index in [9.17, 15) is 9.18 Å². The molecule has 0 bridgehead atoms. The van der Waals surface area contributed by atoms with Crippen molar-refractivity contribution in [1.29, 1.82) is 0 Å². The Morgan fingerprint density at radius 1 is 1.25 bits per heavy atom. The molecule has 1 amide bonds. The second-order valence-corrected chi connectivity index (χ2v) is 8.56. The second kappa shape index (κ2) is 7.62. The number of rotatable bonds is 4. The third-order valence-electron chi connectivity index (χ3n) is 6.03. The van der Waals surface area contributed by atoms with Gasteiger partial charge in [0, 0.05) is 25.6 Å². The molecule has 2 aromatic rings. The zero-order chi connectivity index (χ0) is 19.7. The molecule has 150 valence electrons. The summed E-state index contributed by atoms with van der Waals surface area (Å²) in [6, 6.07) is 6.93. The number of carbonyl (C=O) groups is 1. The van der Waals surface area contributed by atoms with Gasteiger partial charge in [0.25, 0.3) is 5.91 Å². The molecule has 7 heteroatoms. The second-order valence-electron chi connectivity index (χ2n) is 8.56. The lowest BCUT2D eigenvalue weighted by Gasteiger charge is -2.44. The first kappa shape index (κ1) is 19.1. The number of piperidine rings is 1. The molecule has 0 radical (unpaired) electrons. The number of carbonyl (C=O) groups excluding carboxylic acids is 1. The van der Waals surface area contributed by atoms with Crippen LogP contribution in [0.25, 0.3) is 0 Å². The molecule has 0 unspecified atom stereocenters. The van der Waals surface area contributed by atoms with Gasteiger partial charge in [0.1, 0.15) is 11.6 Å². The van der Waals surface area contributed by atoms with Crippen molar-refractivity contribution in [1.82, 2.24) is 25.0 Å². The Bertz CT molecular complexity index is 854. The molecule has 3 heterocycles. The van der Waals surface area contributed by atoms with E-state index >= 15 is 0 Å². The summed E-state index contributed by atoms with van der Waals surface area (Å²) in [5.41, 5.74) is 1.22. The number of likely N-dealkylation sites (tertiary alicyclic amines) is 1. The first-order chi connectivity index (χ1) is 13.4. The molecule has 1 aromatic carbocycles. The number of hydrogen-bond donors (Lipinski definition) is 1. The Balaban J connectivity index is 1.42. The molecule has 6 nitrogen and oxygen atoms in total. The van der Waals surface area contributed by atoms with Crippen molar-refractivity contribution in [3.8, 4) is 0 Å². The minimum Gasteiger partial charge on any atom is -0.347 e. The molecule has 1 spiro atoms. The number of amides is 1. The minimum atomic E-state index is -0.175. The normalized spacial score (nSPS) is 19.0. The summed E-state index contributed by atoms with van der Waals surface area (Å²) in [7, 11) is 0. The summed E-state index contributed by atoms with van der Waals surface area (Å²) in [4.78, 5) is 14.9. The van der Waals surface area contributed by atoms with E-state index in [1.54, 1.807) is 12.1 Å². The number of aryl methyl sites for hydroxylation is 1. The first-order valence-electron chi connectivity index (χ1n) is 10.1. The van der Waals surface area contributed by atoms with E-state index in [-0.39, 0.29) is 23.2 Å². The summed E-state index contributed by atoms with van der Waals surface area (Å²) in [5.74, 6) is 1.03. The number of halogens is 1. The van der Waals surface area contributed by atoms with Gasteiger partial charge >= 0.3 is 0 Å². The molecule has 2 aliphatic heterocycles. The van der Waals surface area contributed by atoms with Gasteiger partial charge in [-0.2, -0.15) is 0 Å². The van der Waals surface area contributed by atoms with Gasteiger partial charge in [-0.05, 0) is 69.3 Å². The largest absolute Gasteiger partial charge is 0.347 e. The summed E-state index contributed by atoms with van der Waals surface area (Å²) >= 11 is 0. The maximum Gasteiger partial charge on any atom is 0.289 e. The Labute approximate surface area is 165 Å². The summed E-state index contributed by atoms with van der Waals surface area (Å²) in [6.45, 7) is 7.46. The van der Waals surface area contributed by atoms with Crippen LogP contribution in [0.3, 0.4) is 0 Å². The molecule has 2 aliphatic rings. The van der Waals surface area contributed by atoms with Gasteiger partial charge in [0.2, 0.25) is 5.82 Å². The predicted molar refractivity (Wildman–Crippen MR) is 104 cm³/mol. The van der Waals surface area contributed by atoms with E-state index in [0.29, 0.717) is 5.82 Å². The lowest BCUT2D eigenvalue weighted by atomic mass is 9.73. The van der Waals surface area contributed by atoms with Crippen LogP contribution < -0.4 is 5.32 Å². The number of benzene rings is 1. The van der Waals surface area contributed by atoms with Crippen molar-refractivity contribution in [3.63, 3.8) is 0 Å². The molecule has 1 aromatic heterocycles. The molecule has 1 fully saturated rings. The maximum atomic E-state index is 13.4. The van der Waals surface area contributed by atoms with Gasteiger partial charge in [-0.1, -0.05) is 12.1 Å². The number of nitrogens with zero attached hydrogens (tertiary/aromatic N) is 4. The highest BCUT2D eigenvalue weighted by molar-refractivity contribution is 5.90. The van der Waals surface area contributed by atoms with Crippen molar-refractivity contribution < 1.29 is 9.18 Å². The van der Waals surface area contributed by atoms with Crippen molar-refractivity contribution in [3.05, 3.63) is 47.3 Å². The third-order valence-corrected chi connectivity index (χ3v) is 6.03. The van der Waals surface area contributed by atoms with Gasteiger partial charge in [-0.15, -0.1) is 10.2 Å². The fraction of sp³-hybridized carbons (Fsp3) is 0.571. The van der Waals surface area contributed by atoms with Gasteiger partial charge in [0.15, 0.2) is 0 Å². The lowest BCUT2D eigenvalue weighted by molar-refractivity contribution is 0.0617. The molecule has 0 aliphatic carbocycles. The Kier molecular flexibility index (Phi) is 5.19. The van der Waals surface area contributed by atoms with Gasteiger partial charge < -0.3 is 9.88 Å². The highest BCUT2D eigenvalue weighted by atomic mass is 19.1. The van der Waals surface area contributed by atoms with Crippen molar-refractivity contribution in [2.75, 3.05) is 13.1 Å². The van der Waals surface area contributed by atoms with Crippen LogP contribution >= 0.6 is 0 Å². The third kappa shape index (κ3) is 3.94. The molecule has 0 saturated carbocycles. The average molecular weight is 385 g/mol. The van der Waals surface area contributed by atoms with Crippen molar-refractivity contribution in [2.24, 2.45) is 5.41 Å². The standard InChI is InChI=1S/C21H28FN5O/c1-15(2)23-20(28)19-25-24-18-6-7-21(14-27(18)19)8-10-26(11-9-21)13-16-4-3-5-17(22)12-16/h3-5,12,15H,6-11,13-14H2,1-2H3,(H,23,28). The van der Waals surface area contributed by atoms with Crippen LogP contribution in [0.5, 0.6) is 0 Å². The molecular weight excluding hydrogens is 357 g/mol. The zero-order valence-electron chi connectivity index (χ0n) is 16.6. The summed E-state index contributed by atoms with van der Waals surface area (Å²) < 4.78 is 15.5. The molecule has 1 N–H and O–H groups in total. The smallest absolute Gasteiger partial charge is 0.289 e. The number of hydrogen-bond acceptors (Lipinski definition) is 4. The number of nitrogens with one attached hydrogen (secondary N) is 1. The Hall–Kier alpha value is -2.28. The summed E-state index contributed by atoms with van der Waals surface area (Å²) in [5, 5.41) is 11.3. The quantitative estimate of drug-likeness (QED) is 0.879. The van der Waals surface area contributed by atoms with E-state index in [2.05, 4.69) is 20.4 Å². The Morgan fingerprint density at radius 3 is 2.75 bits per heavy atom. The van der Waals surface area contributed by atoms with E-state index in [4.69, 9.17) is 0 Å². The van der Waals surface area contributed by atoms with Crippen LogP contribution in [-0.4, -0.2) is 44.7 Å². The zero-order valence-corrected chi connectivity index (χ0v) is 16.6. The van der Waals surface area contributed by atoms with E-state index < -0.39 is 0 Å². The van der Waals surface area contributed by atoms with E-state index in [1.165, 1.54) is 6.07 Å². The van der Waals surface area contributed by atoms with E-state index in [0.717, 1.165) is 63.3 Å². The van der Waals surface area contributed by atoms with Gasteiger partial charge in [-0.25, -0.2) is 4.39 Å². The number of fused-ring (bicyclic) bond motifs is 1. The molecule has 0 atom stereocenters.